The molecule has 0 aliphatic carbocycles. The summed E-state index contributed by atoms with van der Waals surface area (Å²) in [6, 6.07) is 7.25. The molecule has 0 aliphatic heterocycles. The van der Waals surface area contributed by atoms with E-state index >= 15 is 0 Å². The number of nitrogens with two attached hydrogens (primary N) is 1. The van der Waals surface area contributed by atoms with E-state index in [4.69, 9.17) is 17.3 Å². The standard InChI is InChI=1S/C15H11ClN8O2S2/c1-7(8-4-5-10(16)28-8)18-20-15(25)11-12(9-3-2-6-27-9)24(23-19-11)14-13(17)21-26-22-14/h2-6H,1H3,(H2,17,21)(H,20,25). The normalized spacial score (nSPS) is 11.7. The first-order valence-electron chi connectivity index (χ1n) is 7.73. The van der Waals surface area contributed by atoms with E-state index in [1.165, 1.54) is 27.4 Å². The van der Waals surface area contributed by atoms with Crippen LogP contribution in [0.25, 0.3) is 16.4 Å². The van der Waals surface area contributed by atoms with Gasteiger partial charge in [0.05, 0.1) is 19.8 Å². The molecule has 3 N–H and O–H groups in total. The van der Waals surface area contributed by atoms with Crippen LogP contribution in [0.2, 0.25) is 4.34 Å². The fourth-order valence-corrected chi connectivity index (χ4v) is 4.05. The third-order valence-electron chi connectivity index (χ3n) is 3.59. The number of nitrogens with zero attached hydrogens (tertiary/aromatic N) is 6. The van der Waals surface area contributed by atoms with E-state index in [1.54, 1.807) is 13.0 Å². The van der Waals surface area contributed by atoms with Crippen LogP contribution in [0.15, 0.2) is 39.4 Å². The number of rotatable bonds is 5. The van der Waals surface area contributed by atoms with Gasteiger partial charge in [-0.15, -0.1) is 27.8 Å². The molecule has 142 valence electrons. The van der Waals surface area contributed by atoms with E-state index in [0.29, 0.717) is 15.7 Å². The number of hydrogen-bond donors (Lipinski definition) is 2. The molecule has 0 saturated carbocycles. The van der Waals surface area contributed by atoms with Crippen molar-refractivity contribution in [2.24, 2.45) is 5.10 Å². The zero-order chi connectivity index (χ0) is 19.7. The number of nitrogen functional groups attached to an aromatic ring is 1. The molecular formula is C15H11ClN8O2S2. The Labute approximate surface area is 170 Å². The molecule has 13 heteroatoms. The maximum Gasteiger partial charge on any atom is 0.294 e. The molecule has 0 radical (unpaired) electrons. The van der Waals surface area contributed by atoms with E-state index in [2.05, 4.69) is 35.8 Å². The van der Waals surface area contributed by atoms with Crippen LogP contribution in [0.5, 0.6) is 0 Å². The summed E-state index contributed by atoms with van der Waals surface area (Å²) < 4.78 is 6.57. The first kappa shape index (κ1) is 18.3. The van der Waals surface area contributed by atoms with Crippen LogP contribution < -0.4 is 11.2 Å². The van der Waals surface area contributed by atoms with E-state index < -0.39 is 5.91 Å². The Hall–Kier alpha value is -3.09. The van der Waals surface area contributed by atoms with Crippen molar-refractivity contribution in [3.63, 3.8) is 0 Å². The highest BCUT2D eigenvalue weighted by Gasteiger charge is 2.25. The lowest BCUT2D eigenvalue weighted by atomic mass is 10.2. The van der Waals surface area contributed by atoms with Crippen LogP contribution in [-0.2, 0) is 0 Å². The van der Waals surface area contributed by atoms with E-state index in [-0.39, 0.29) is 17.3 Å². The molecule has 4 aromatic heterocycles. The maximum atomic E-state index is 12.7. The molecule has 10 nitrogen and oxygen atoms in total. The molecule has 1 amide bonds. The van der Waals surface area contributed by atoms with Crippen LogP contribution in [0, 0.1) is 0 Å². The molecule has 0 fully saturated rings. The molecule has 4 heterocycles. The Kier molecular flexibility index (Phi) is 4.90. The second-order valence-electron chi connectivity index (χ2n) is 5.39. The van der Waals surface area contributed by atoms with Gasteiger partial charge in [0.25, 0.3) is 5.91 Å². The Bertz CT molecular complexity index is 1160. The van der Waals surface area contributed by atoms with Gasteiger partial charge in [-0.05, 0) is 40.8 Å². The summed E-state index contributed by atoms with van der Waals surface area (Å²) in [6.07, 6.45) is 0. The Morgan fingerprint density at radius 1 is 1.36 bits per heavy atom. The monoisotopic (exact) mass is 434 g/mol. The van der Waals surface area contributed by atoms with Gasteiger partial charge in [0.1, 0.15) is 5.69 Å². The van der Waals surface area contributed by atoms with Crippen molar-refractivity contribution in [3.05, 3.63) is 44.6 Å². The van der Waals surface area contributed by atoms with E-state index in [0.717, 1.165) is 9.75 Å². The molecule has 0 atom stereocenters. The number of anilines is 1. The SMILES string of the molecule is CC(=NNC(=O)c1nnn(-c2nonc2N)c1-c1cccs1)c1ccc(Cl)s1. The second kappa shape index (κ2) is 7.50. The molecule has 0 spiro atoms. The van der Waals surface area contributed by atoms with Crippen molar-refractivity contribution in [1.29, 1.82) is 0 Å². The van der Waals surface area contributed by atoms with Crippen molar-refractivity contribution in [3.8, 4) is 16.4 Å². The number of thiophene rings is 2. The van der Waals surface area contributed by atoms with Gasteiger partial charge in [0.2, 0.25) is 11.6 Å². The molecular weight excluding hydrogens is 424 g/mol. The number of carbonyl (C=O) groups is 1. The summed E-state index contributed by atoms with van der Waals surface area (Å²) in [5.41, 5.74) is 9.33. The molecule has 0 bridgehead atoms. The van der Waals surface area contributed by atoms with Crippen molar-refractivity contribution in [2.75, 3.05) is 5.73 Å². The average molecular weight is 435 g/mol. The van der Waals surface area contributed by atoms with Crippen molar-refractivity contribution < 1.29 is 9.42 Å². The number of nitrogens with one attached hydrogen (secondary N) is 1. The number of hydrogen-bond acceptors (Lipinski definition) is 10. The van der Waals surface area contributed by atoms with Gasteiger partial charge >= 0.3 is 0 Å². The first-order chi connectivity index (χ1) is 13.5. The first-order valence-corrected chi connectivity index (χ1v) is 9.80. The Morgan fingerprint density at radius 3 is 2.86 bits per heavy atom. The molecule has 0 aromatic carbocycles. The molecule has 4 aromatic rings. The summed E-state index contributed by atoms with van der Waals surface area (Å²) in [7, 11) is 0. The molecule has 0 saturated heterocycles. The minimum Gasteiger partial charge on any atom is -0.378 e. The lowest BCUT2D eigenvalue weighted by molar-refractivity contribution is 0.0950. The van der Waals surface area contributed by atoms with Crippen molar-refractivity contribution in [1.82, 2.24) is 30.7 Å². The molecule has 28 heavy (non-hydrogen) atoms. The topological polar surface area (TPSA) is 137 Å². The van der Waals surface area contributed by atoms with Gasteiger partial charge in [-0.2, -0.15) is 9.78 Å². The number of amides is 1. The zero-order valence-electron chi connectivity index (χ0n) is 14.2. The number of halogens is 1. The van der Waals surface area contributed by atoms with Gasteiger partial charge in [-0.1, -0.05) is 22.9 Å². The van der Waals surface area contributed by atoms with Crippen molar-refractivity contribution >= 4 is 51.7 Å². The number of hydrazone groups is 1. The van der Waals surface area contributed by atoms with E-state index in [9.17, 15) is 4.79 Å². The maximum absolute atomic E-state index is 12.7. The van der Waals surface area contributed by atoms with E-state index in [1.807, 2.05) is 23.6 Å². The highest BCUT2D eigenvalue weighted by molar-refractivity contribution is 7.18. The highest BCUT2D eigenvalue weighted by atomic mass is 35.5. The fourth-order valence-electron chi connectivity index (χ4n) is 2.31. The van der Waals surface area contributed by atoms with Crippen LogP contribution >= 0.6 is 34.3 Å². The largest absolute Gasteiger partial charge is 0.378 e. The molecule has 0 unspecified atom stereocenters. The van der Waals surface area contributed by atoms with Crippen molar-refractivity contribution in [2.45, 2.75) is 6.92 Å². The van der Waals surface area contributed by atoms with Gasteiger partial charge in [-0.25, -0.2) is 10.1 Å². The molecule has 4 rings (SSSR count). The smallest absolute Gasteiger partial charge is 0.294 e. The lowest BCUT2D eigenvalue weighted by Gasteiger charge is -2.03. The van der Waals surface area contributed by atoms with Gasteiger partial charge in [0.15, 0.2) is 5.69 Å². The summed E-state index contributed by atoms with van der Waals surface area (Å²) in [4.78, 5) is 14.3. The lowest BCUT2D eigenvalue weighted by Crippen LogP contribution is -2.20. The third kappa shape index (κ3) is 3.40. The Balaban J connectivity index is 1.69. The number of carbonyl (C=O) groups excluding carboxylic acids is 1. The molecule has 0 aliphatic rings. The average Bonchev–Trinajstić information content (AvgIpc) is 3.44. The highest BCUT2D eigenvalue weighted by Crippen LogP contribution is 2.30. The summed E-state index contributed by atoms with van der Waals surface area (Å²) in [5.74, 6) is -0.368. The predicted molar refractivity (Wildman–Crippen MR) is 106 cm³/mol. The summed E-state index contributed by atoms with van der Waals surface area (Å²) >= 11 is 8.70. The minimum atomic E-state index is -0.535. The fraction of sp³-hybridized carbons (Fsp3) is 0.0667. The van der Waals surface area contributed by atoms with Gasteiger partial charge < -0.3 is 5.73 Å². The van der Waals surface area contributed by atoms with Crippen LogP contribution in [-0.4, -0.2) is 36.9 Å². The Morgan fingerprint density at radius 2 is 2.21 bits per heavy atom. The zero-order valence-corrected chi connectivity index (χ0v) is 16.5. The third-order valence-corrected chi connectivity index (χ3v) is 5.81. The minimum absolute atomic E-state index is 0.0260. The van der Waals surface area contributed by atoms with Gasteiger partial charge in [0, 0.05) is 0 Å². The summed E-state index contributed by atoms with van der Waals surface area (Å²) in [6.45, 7) is 1.77. The van der Waals surface area contributed by atoms with Gasteiger partial charge in [-0.3, -0.25) is 4.79 Å². The van der Waals surface area contributed by atoms with Crippen LogP contribution in [0.4, 0.5) is 5.82 Å². The quantitative estimate of drug-likeness (QED) is 0.364. The van der Waals surface area contributed by atoms with Crippen LogP contribution in [0.3, 0.4) is 0 Å². The van der Waals surface area contributed by atoms with Crippen LogP contribution in [0.1, 0.15) is 22.3 Å². The second-order valence-corrected chi connectivity index (χ2v) is 8.05. The number of aromatic nitrogens is 5. The summed E-state index contributed by atoms with van der Waals surface area (Å²) in [5, 5.41) is 21.2. The predicted octanol–water partition coefficient (Wildman–Crippen LogP) is 2.83.